The van der Waals surface area contributed by atoms with E-state index in [0.717, 1.165) is 17.8 Å². The van der Waals surface area contributed by atoms with Crippen LogP contribution in [0.25, 0.3) is 0 Å². The quantitative estimate of drug-likeness (QED) is 0.513. The van der Waals surface area contributed by atoms with Crippen LogP contribution in [0.3, 0.4) is 0 Å². The maximum atomic E-state index is 2.65. The van der Waals surface area contributed by atoms with Gasteiger partial charge in [-0.3, -0.25) is 0 Å². The van der Waals surface area contributed by atoms with Gasteiger partial charge in [-0.25, -0.2) is 0 Å². The number of hydrogen-bond donors (Lipinski definition) is 0. The molecule has 4 atom stereocenters. The molecule has 0 aromatic rings. The van der Waals surface area contributed by atoms with Crippen molar-refractivity contribution >= 4 is 0 Å². The summed E-state index contributed by atoms with van der Waals surface area (Å²) in [6, 6.07) is 0. The first-order valence-electron chi connectivity index (χ1n) is 6.65. The molecule has 0 bridgehead atoms. The van der Waals surface area contributed by atoms with Crippen molar-refractivity contribution in [2.45, 2.75) is 53.4 Å². The number of fused-ring (bicyclic) bond motifs is 3. The van der Waals surface area contributed by atoms with Crippen molar-refractivity contribution in [1.29, 1.82) is 0 Å². The van der Waals surface area contributed by atoms with Gasteiger partial charge >= 0.3 is 0 Å². The molecule has 0 aliphatic heterocycles. The summed E-state index contributed by atoms with van der Waals surface area (Å²) >= 11 is 0. The van der Waals surface area contributed by atoms with Gasteiger partial charge in [-0.15, -0.1) is 0 Å². The molecule has 0 heteroatoms. The van der Waals surface area contributed by atoms with E-state index in [1.807, 2.05) is 5.57 Å². The zero-order valence-corrected chi connectivity index (χ0v) is 10.6. The van der Waals surface area contributed by atoms with Crippen LogP contribution in [0.15, 0.2) is 11.6 Å². The van der Waals surface area contributed by atoms with E-state index >= 15 is 0 Å². The Kier molecular flexibility index (Phi) is 1.79. The summed E-state index contributed by atoms with van der Waals surface area (Å²) in [6.07, 6.45) is 8.49. The topological polar surface area (TPSA) is 0 Å². The van der Waals surface area contributed by atoms with Gasteiger partial charge in [-0.1, -0.05) is 39.3 Å². The third-order valence-corrected chi connectivity index (χ3v) is 5.44. The molecule has 0 spiro atoms. The summed E-state index contributed by atoms with van der Waals surface area (Å²) in [5.74, 6) is 2.83. The standard InChI is InChI=1S/C15H24/c1-10-5-6-13-12(10)9-14(2,3)7-11-8-15(11,13)4/h9-11,13H,5-8H2,1-4H3/t10?,11-,13?,15+/m0/s1. The minimum atomic E-state index is 0.463. The predicted octanol–water partition coefficient (Wildman–Crippen LogP) is 4.42. The molecule has 84 valence electrons. The Balaban J connectivity index is 2.03. The first kappa shape index (κ1) is 9.93. The molecule has 0 aromatic carbocycles. The molecule has 3 aliphatic carbocycles. The fraction of sp³-hybridized carbons (Fsp3) is 0.867. The molecule has 0 radical (unpaired) electrons. The lowest BCUT2D eigenvalue weighted by Crippen LogP contribution is -2.13. The Morgan fingerprint density at radius 2 is 1.87 bits per heavy atom. The molecular formula is C15H24. The van der Waals surface area contributed by atoms with Gasteiger partial charge in [0.05, 0.1) is 0 Å². The van der Waals surface area contributed by atoms with Gasteiger partial charge in [-0.2, -0.15) is 0 Å². The minimum absolute atomic E-state index is 0.463. The molecule has 3 aliphatic rings. The van der Waals surface area contributed by atoms with Crippen molar-refractivity contribution in [3.05, 3.63) is 11.6 Å². The monoisotopic (exact) mass is 204 g/mol. The highest BCUT2D eigenvalue weighted by atomic mass is 14.6. The second-order valence-electron chi connectivity index (χ2n) is 7.27. The van der Waals surface area contributed by atoms with Crippen LogP contribution in [0.5, 0.6) is 0 Å². The van der Waals surface area contributed by atoms with E-state index in [1.54, 1.807) is 0 Å². The van der Waals surface area contributed by atoms with Crippen LogP contribution < -0.4 is 0 Å². The predicted molar refractivity (Wildman–Crippen MR) is 64.6 cm³/mol. The van der Waals surface area contributed by atoms with Crippen molar-refractivity contribution in [2.24, 2.45) is 28.6 Å². The highest BCUT2D eigenvalue weighted by Gasteiger charge is 2.59. The Labute approximate surface area is 94.1 Å². The molecule has 2 unspecified atom stereocenters. The smallest absolute Gasteiger partial charge is 0.0143 e. The average molecular weight is 204 g/mol. The molecule has 0 saturated heterocycles. The van der Waals surface area contributed by atoms with E-state index in [1.165, 1.54) is 25.7 Å². The van der Waals surface area contributed by atoms with Crippen LogP contribution in [-0.2, 0) is 0 Å². The Hall–Kier alpha value is -0.260. The fourth-order valence-corrected chi connectivity index (χ4v) is 4.40. The summed E-state index contributed by atoms with van der Waals surface area (Å²) in [4.78, 5) is 0. The molecule has 0 nitrogen and oxygen atoms in total. The van der Waals surface area contributed by atoms with Gasteiger partial charge in [0.2, 0.25) is 0 Å². The van der Waals surface area contributed by atoms with Crippen LogP contribution in [0.4, 0.5) is 0 Å². The lowest BCUT2D eigenvalue weighted by atomic mass is 9.83. The Morgan fingerprint density at radius 3 is 2.60 bits per heavy atom. The van der Waals surface area contributed by atoms with Crippen LogP contribution in [-0.4, -0.2) is 0 Å². The molecule has 2 fully saturated rings. The van der Waals surface area contributed by atoms with Gasteiger partial charge in [-0.05, 0) is 54.3 Å². The lowest BCUT2D eigenvalue weighted by Gasteiger charge is -2.22. The van der Waals surface area contributed by atoms with Crippen molar-refractivity contribution < 1.29 is 0 Å². The van der Waals surface area contributed by atoms with Crippen LogP contribution in [0.2, 0.25) is 0 Å². The van der Waals surface area contributed by atoms with Gasteiger partial charge in [0.15, 0.2) is 0 Å². The molecule has 3 rings (SSSR count). The van der Waals surface area contributed by atoms with Gasteiger partial charge in [0.1, 0.15) is 0 Å². The molecule has 15 heavy (non-hydrogen) atoms. The number of allylic oxidation sites excluding steroid dienone is 2. The second kappa shape index (κ2) is 2.70. The van der Waals surface area contributed by atoms with E-state index in [2.05, 4.69) is 33.8 Å². The summed E-state index contributed by atoms with van der Waals surface area (Å²) in [5.41, 5.74) is 2.98. The first-order valence-corrected chi connectivity index (χ1v) is 6.65. The number of hydrogen-bond acceptors (Lipinski definition) is 0. The SMILES string of the molecule is CC1CCC2C1=CC(C)(C)C[C@H]1C[C@@]21C. The first-order chi connectivity index (χ1) is 6.92. The van der Waals surface area contributed by atoms with Crippen LogP contribution >= 0.6 is 0 Å². The molecule has 0 N–H and O–H groups in total. The highest BCUT2D eigenvalue weighted by molar-refractivity contribution is 5.28. The average Bonchev–Trinajstić information content (AvgIpc) is 2.59. The molecule has 0 aromatic heterocycles. The lowest BCUT2D eigenvalue weighted by molar-refractivity contribution is 0.328. The normalized spacial score (nSPS) is 51.5. The Morgan fingerprint density at radius 1 is 1.13 bits per heavy atom. The summed E-state index contributed by atoms with van der Waals surface area (Å²) in [5, 5.41) is 0. The van der Waals surface area contributed by atoms with Crippen molar-refractivity contribution in [1.82, 2.24) is 0 Å². The van der Waals surface area contributed by atoms with E-state index in [0.29, 0.717) is 10.8 Å². The largest absolute Gasteiger partial charge is 0.0791 e. The Bertz CT molecular complexity index is 323. The van der Waals surface area contributed by atoms with E-state index in [4.69, 9.17) is 0 Å². The molecule has 2 saturated carbocycles. The van der Waals surface area contributed by atoms with E-state index in [9.17, 15) is 0 Å². The van der Waals surface area contributed by atoms with Gasteiger partial charge < -0.3 is 0 Å². The fourth-order valence-electron chi connectivity index (χ4n) is 4.40. The van der Waals surface area contributed by atoms with E-state index in [-0.39, 0.29) is 0 Å². The van der Waals surface area contributed by atoms with Crippen molar-refractivity contribution in [2.75, 3.05) is 0 Å². The highest BCUT2D eigenvalue weighted by Crippen LogP contribution is 2.68. The maximum absolute atomic E-state index is 2.65. The summed E-state index contributed by atoms with van der Waals surface area (Å²) in [7, 11) is 0. The van der Waals surface area contributed by atoms with Crippen molar-refractivity contribution in [3.63, 3.8) is 0 Å². The zero-order chi connectivity index (χ0) is 10.8. The summed E-state index contributed by atoms with van der Waals surface area (Å²) < 4.78 is 0. The number of rotatable bonds is 0. The third-order valence-electron chi connectivity index (χ3n) is 5.44. The molecular weight excluding hydrogens is 180 g/mol. The van der Waals surface area contributed by atoms with Gasteiger partial charge in [0.25, 0.3) is 0 Å². The molecule has 0 heterocycles. The minimum Gasteiger partial charge on any atom is -0.0791 e. The van der Waals surface area contributed by atoms with Crippen LogP contribution in [0, 0.1) is 28.6 Å². The third kappa shape index (κ3) is 1.33. The van der Waals surface area contributed by atoms with Gasteiger partial charge in [0, 0.05) is 0 Å². The maximum Gasteiger partial charge on any atom is -0.0143 e. The second-order valence-corrected chi connectivity index (χ2v) is 7.27. The zero-order valence-electron chi connectivity index (χ0n) is 10.6. The molecule has 0 amide bonds. The summed E-state index contributed by atoms with van der Waals surface area (Å²) in [6.45, 7) is 9.86. The van der Waals surface area contributed by atoms with E-state index < -0.39 is 0 Å². The van der Waals surface area contributed by atoms with Crippen LogP contribution in [0.1, 0.15) is 53.4 Å². The van der Waals surface area contributed by atoms with Crippen molar-refractivity contribution in [3.8, 4) is 0 Å².